The zero-order valence-electron chi connectivity index (χ0n) is 16.1. The minimum atomic E-state index is -0.810. The second-order valence-electron chi connectivity index (χ2n) is 6.62. The van der Waals surface area contributed by atoms with Crippen LogP contribution in [0.25, 0.3) is 11.3 Å². The Bertz CT molecular complexity index is 1200. The summed E-state index contributed by atoms with van der Waals surface area (Å²) in [7, 11) is 0. The summed E-state index contributed by atoms with van der Waals surface area (Å²) in [4.78, 5) is 27.8. The number of hydrazone groups is 1. The van der Waals surface area contributed by atoms with Crippen molar-refractivity contribution in [1.29, 1.82) is 0 Å². The standard InChI is InChI=1S/C20H16N6O3S/c1-12-6-3-4-9-16(12)22-23-18-13(2)24-25(19(18)27)20-21-17(11-30-20)14-7-5-8-15(10-14)26(28)29/h3-11,18H,1-2H3/t18-/m1/s1. The van der Waals surface area contributed by atoms with Crippen LogP contribution in [0, 0.1) is 17.0 Å². The number of amides is 1. The normalized spacial score (nSPS) is 16.3. The second-order valence-corrected chi connectivity index (χ2v) is 7.46. The maximum atomic E-state index is 12.8. The predicted molar refractivity (Wildman–Crippen MR) is 114 cm³/mol. The molecule has 0 fully saturated rings. The number of carbonyl (C=O) groups excluding carboxylic acids is 1. The summed E-state index contributed by atoms with van der Waals surface area (Å²) in [6.07, 6.45) is 0. The molecule has 0 saturated heterocycles. The largest absolute Gasteiger partial charge is 0.282 e. The molecule has 10 heteroatoms. The Balaban J connectivity index is 1.56. The van der Waals surface area contributed by atoms with Gasteiger partial charge < -0.3 is 0 Å². The van der Waals surface area contributed by atoms with Crippen molar-refractivity contribution in [2.45, 2.75) is 19.9 Å². The Morgan fingerprint density at radius 2 is 1.97 bits per heavy atom. The van der Waals surface area contributed by atoms with Crippen molar-refractivity contribution in [1.82, 2.24) is 4.98 Å². The lowest BCUT2D eigenvalue weighted by Crippen LogP contribution is -2.29. The molecule has 0 spiro atoms. The van der Waals surface area contributed by atoms with Gasteiger partial charge in [-0.1, -0.05) is 30.3 Å². The molecule has 1 amide bonds. The van der Waals surface area contributed by atoms with Crippen molar-refractivity contribution >= 4 is 39.5 Å². The van der Waals surface area contributed by atoms with Gasteiger partial charge in [-0.15, -0.1) is 11.3 Å². The number of rotatable bonds is 5. The summed E-state index contributed by atoms with van der Waals surface area (Å²) >= 11 is 1.23. The molecule has 4 rings (SSSR count). The van der Waals surface area contributed by atoms with E-state index in [1.54, 1.807) is 24.4 Å². The summed E-state index contributed by atoms with van der Waals surface area (Å²) in [5.41, 5.74) is 3.27. The lowest BCUT2D eigenvalue weighted by Gasteiger charge is -2.08. The van der Waals surface area contributed by atoms with Crippen LogP contribution in [0.1, 0.15) is 12.5 Å². The number of carbonyl (C=O) groups is 1. The van der Waals surface area contributed by atoms with Gasteiger partial charge in [-0.2, -0.15) is 20.3 Å². The van der Waals surface area contributed by atoms with Gasteiger partial charge in [0.05, 0.1) is 22.0 Å². The Labute approximate surface area is 175 Å². The van der Waals surface area contributed by atoms with E-state index in [1.807, 2.05) is 31.2 Å². The number of non-ortho nitro benzene ring substituents is 1. The van der Waals surface area contributed by atoms with Gasteiger partial charge >= 0.3 is 0 Å². The topological polar surface area (TPSA) is 113 Å². The Morgan fingerprint density at radius 1 is 1.17 bits per heavy atom. The summed E-state index contributed by atoms with van der Waals surface area (Å²) in [6.45, 7) is 3.64. The minimum absolute atomic E-state index is 0.0233. The number of aromatic nitrogens is 1. The molecule has 2 heterocycles. The molecule has 0 unspecified atom stereocenters. The van der Waals surface area contributed by atoms with E-state index in [0.717, 1.165) is 5.56 Å². The van der Waals surface area contributed by atoms with E-state index < -0.39 is 11.0 Å². The van der Waals surface area contributed by atoms with Crippen molar-refractivity contribution in [3.05, 3.63) is 69.6 Å². The molecular weight excluding hydrogens is 404 g/mol. The number of nitro groups is 1. The van der Waals surface area contributed by atoms with Crippen LogP contribution in [0.3, 0.4) is 0 Å². The monoisotopic (exact) mass is 420 g/mol. The Hall–Kier alpha value is -3.79. The molecule has 0 radical (unpaired) electrons. The molecule has 2 aromatic carbocycles. The van der Waals surface area contributed by atoms with Crippen LogP contribution in [0.4, 0.5) is 16.5 Å². The molecule has 1 aromatic heterocycles. The van der Waals surface area contributed by atoms with E-state index in [0.29, 0.717) is 27.8 Å². The van der Waals surface area contributed by atoms with Gasteiger partial charge in [0.1, 0.15) is 0 Å². The van der Waals surface area contributed by atoms with Gasteiger partial charge in [-0.3, -0.25) is 14.9 Å². The van der Waals surface area contributed by atoms with Crippen LogP contribution in [0.2, 0.25) is 0 Å². The maximum absolute atomic E-state index is 12.8. The lowest BCUT2D eigenvalue weighted by atomic mass is 10.1. The van der Waals surface area contributed by atoms with E-state index in [1.165, 1.54) is 28.5 Å². The maximum Gasteiger partial charge on any atom is 0.282 e. The van der Waals surface area contributed by atoms with E-state index in [-0.39, 0.29) is 11.6 Å². The summed E-state index contributed by atoms with van der Waals surface area (Å²) in [5, 5.41) is 27.0. The van der Waals surface area contributed by atoms with Crippen LogP contribution >= 0.6 is 11.3 Å². The van der Waals surface area contributed by atoms with Gasteiger partial charge in [0, 0.05) is 23.1 Å². The fraction of sp³-hybridized carbons (Fsp3) is 0.150. The van der Waals surface area contributed by atoms with Crippen molar-refractivity contribution in [3.63, 3.8) is 0 Å². The van der Waals surface area contributed by atoms with Crippen LogP contribution < -0.4 is 5.01 Å². The third kappa shape index (κ3) is 3.72. The fourth-order valence-corrected chi connectivity index (χ4v) is 3.68. The van der Waals surface area contributed by atoms with Gasteiger partial charge in [-0.05, 0) is 25.5 Å². The van der Waals surface area contributed by atoms with Crippen LogP contribution in [0.5, 0.6) is 0 Å². The molecule has 0 N–H and O–H groups in total. The van der Waals surface area contributed by atoms with Crippen molar-refractivity contribution in [2.75, 3.05) is 5.01 Å². The molecule has 3 aromatic rings. The minimum Gasteiger partial charge on any atom is -0.269 e. The van der Waals surface area contributed by atoms with Crippen molar-refractivity contribution < 1.29 is 9.72 Å². The first-order valence-electron chi connectivity index (χ1n) is 9.00. The quantitative estimate of drug-likeness (QED) is 0.332. The lowest BCUT2D eigenvalue weighted by molar-refractivity contribution is -0.384. The van der Waals surface area contributed by atoms with E-state index in [4.69, 9.17) is 0 Å². The molecule has 0 saturated carbocycles. The first-order valence-corrected chi connectivity index (χ1v) is 9.88. The summed E-state index contributed by atoms with van der Waals surface area (Å²) < 4.78 is 0. The molecule has 150 valence electrons. The number of benzene rings is 2. The Kier molecular flexibility index (Phi) is 5.15. The SMILES string of the molecule is CC1=NN(c2nc(-c3cccc([N+](=O)[O-])c3)cs2)C(=O)[C@@H]1N=Nc1ccccc1C. The van der Waals surface area contributed by atoms with Crippen LogP contribution in [0.15, 0.2) is 69.2 Å². The molecular formula is C20H16N6O3S. The number of nitro benzene ring substituents is 1. The molecule has 0 aliphatic carbocycles. The third-order valence-electron chi connectivity index (χ3n) is 4.52. The first-order chi connectivity index (χ1) is 14.4. The highest BCUT2D eigenvalue weighted by molar-refractivity contribution is 7.14. The summed E-state index contributed by atoms with van der Waals surface area (Å²) in [5.74, 6) is -0.343. The van der Waals surface area contributed by atoms with Crippen LogP contribution in [-0.2, 0) is 4.79 Å². The van der Waals surface area contributed by atoms with Gasteiger partial charge in [0.15, 0.2) is 6.04 Å². The van der Waals surface area contributed by atoms with Gasteiger partial charge in [-0.25, -0.2) is 4.98 Å². The van der Waals surface area contributed by atoms with E-state index in [9.17, 15) is 14.9 Å². The number of azo groups is 1. The van der Waals surface area contributed by atoms with E-state index in [2.05, 4.69) is 20.3 Å². The van der Waals surface area contributed by atoms with Crippen LogP contribution in [-0.4, -0.2) is 27.6 Å². The highest BCUT2D eigenvalue weighted by Crippen LogP contribution is 2.32. The smallest absolute Gasteiger partial charge is 0.269 e. The molecule has 9 nitrogen and oxygen atoms in total. The zero-order valence-corrected chi connectivity index (χ0v) is 16.9. The number of aryl methyl sites for hydroxylation is 1. The van der Waals surface area contributed by atoms with Crippen molar-refractivity contribution in [2.24, 2.45) is 15.3 Å². The van der Waals surface area contributed by atoms with E-state index >= 15 is 0 Å². The molecule has 1 atom stereocenters. The second kappa shape index (κ2) is 7.91. The number of thiazole rings is 1. The first kappa shape index (κ1) is 19.5. The highest BCUT2D eigenvalue weighted by Gasteiger charge is 2.36. The molecule has 30 heavy (non-hydrogen) atoms. The zero-order chi connectivity index (χ0) is 21.3. The van der Waals surface area contributed by atoms with Crippen molar-refractivity contribution in [3.8, 4) is 11.3 Å². The molecule has 1 aliphatic rings. The number of hydrogen-bond acceptors (Lipinski definition) is 8. The highest BCUT2D eigenvalue weighted by atomic mass is 32.1. The molecule has 0 bridgehead atoms. The molecule has 1 aliphatic heterocycles. The number of hydrogen-bond donors (Lipinski definition) is 0. The average Bonchev–Trinajstić information content (AvgIpc) is 3.33. The number of anilines is 1. The Morgan fingerprint density at radius 3 is 2.73 bits per heavy atom. The average molecular weight is 420 g/mol. The fourth-order valence-electron chi connectivity index (χ4n) is 2.89. The van der Waals surface area contributed by atoms with Gasteiger partial charge in [0.2, 0.25) is 5.13 Å². The number of nitrogens with zero attached hydrogens (tertiary/aromatic N) is 6. The summed E-state index contributed by atoms with van der Waals surface area (Å²) in [6, 6.07) is 12.9. The van der Waals surface area contributed by atoms with Gasteiger partial charge in [0.25, 0.3) is 11.6 Å². The third-order valence-corrected chi connectivity index (χ3v) is 5.33. The predicted octanol–water partition coefficient (Wildman–Crippen LogP) is 4.90.